The van der Waals surface area contributed by atoms with Crippen molar-refractivity contribution in [2.45, 2.75) is 32.7 Å². The van der Waals surface area contributed by atoms with Gasteiger partial charge in [-0.05, 0) is 25.3 Å². The van der Waals surface area contributed by atoms with Gasteiger partial charge in [-0.3, -0.25) is 4.90 Å². The summed E-state index contributed by atoms with van der Waals surface area (Å²) in [7, 11) is 0. The maximum atomic E-state index is 10.8. The third-order valence-corrected chi connectivity index (χ3v) is 3.41. The van der Waals surface area contributed by atoms with Gasteiger partial charge in [-0.25, -0.2) is 4.79 Å². The van der Waals surface area contributed by atoms with E-state index < -0.39 is 5.97 Å². The Bertz CT molecular complexity index is 275. The van der Waals surface area contributed by atoms with Gasteiger partial charge in [0.1, 0.15) is 0 Å². The molecule has 0 bridgehead atoms. The van der Waals surface area contributed by atoms with E-state index in [9.17, 15) is 9.90 Å². The van der Waals surface area contributed by atoms with Gasteiger partial charge in [-0.15, -0.1) is 0 Å². The van der Waals surface area contributed by atoms with Gasteiger partial charge < -0.3 is 10.2 Å². The van der Waals surface area contributed by atoms with Gasteiger partial charge in [-0.2, -0.15) is 0 Å². The Labute approximate surface area is 96.6 Å². The van der Waals surface area contributed by atoms with Gasteiger partial charge in [0.15, 0.2) is 0 Å². The lowest BCUT2D eigenvalue weighted by atomic mass is 10.0. The molecule has 0 spiro atoms. The summed E-state index contributed by atoms with van der Waals surface area (Å²) in [6.07, 6.45) is 3.39. The number of aliphatic hydroxyl groups excluding tert-OH is 1. The number of carboxylic acid groups (broad SMARTS) is 1. The summed E-state index contributed by atoms with van der Waals surface area (Å²) in [6.45, 7) is 5.70. The zero-order valence-electron chi connectivity index (χ0n) is 10.0. The van der Waals surface area contributed by atoms with E-state index in [4.69, 9.17) is 5.11 Å². The predicted octanol–water partition coefficient (Wildman–Crippen LogP) is 1.11. The van der Waals surface area contributed by atoms with E-state index in [0.29, 0.717) is 24.5 Å². The molecule has 4 heteroatoms. The number of likely N-dealkylation sites (tertiary alicyclic amines) is 1. The summed E-state index contributed by atoms with van der Waals surface area (Å²) in [4.78, 5) is 13.0. The molecule has 0 aromatic rings. The fraction of sp³-hybridized carbons (Fsp3) is 0.750. The first kappa shape index (κ1) is 13.2. The number of nitrogens with zero attached hydrogens (tertiary/aromatic N) is 1. The van der Waals surface area contributed by atoms with E-state index in [2.05, 4.69) is 11.8 Å². The second kappa shape index (κ2) is 6.01. The molecule has 2 atom stereocenters. The van der Waals surface area contributed by atoms with Crippen LogP contribution in [-0.4, -0.2) is 46.8 Å². The standard InChI is InChI=1S/C12H21NO3/c1-3-10(12(15)16)5-7-13-6-4-9(2)11(13)8-14/h5,9,11,14H,3-4,6-8H2,1-2H3,(H,15,16). The first-order chi connectivity index (χ1) is 7.60. The largest absolute Gasteiger partial charge is 0.478 e. The Morgan fingerprint density at radius 3 is 2.75 bits per heavy atom. The van der Waals surface area contributed by atoms with Gasteiger partial charge in [0.25, 0.3) is 0 Å². The Balaban J connectivity index is 2.57. The maximum absolute atomic E-state index is 10.8. The Hall–Kier alpha value is -0.870. The monoisotopic (exact) mass is 227 g/mol. The van der Waals surface area contributed by atoms with E-state index in [1.807, 2.05) is 6.92 Å². The van der Waals surface area contributed by atoms with Crippen LogP contribution in [0.15, 0.2) is 11.6 Å². The molecule has 0 saturated carbocycles. The lowest BCUT2D eigenvalue weighted by Crippen LogP contribution is -2.35. The van der Waals surface area contributed by atoms with Crippen molar-refractivity contribution in [3.8, 4) is 0 Å². The Kier molecular flexibility index (Phi) is 4.96. The Morgan fingerprint density at radius 2 is 2.25 bits per heavy atom. The number of hydrogen-bond donors (Lipinski definition) is 2. The molecular formula is C12H21NO3. The summed E-state index contributed by atoms with van der Waals surface area (Å²) in [5.41, 5.74) is 0.455. The van der Waals surface area contributed by atoms with E-state index >= 15 is 0 Å². The summed E-state index contributed by atoms with van der Waals surface area (Å²) >= 11 is 0. The van der Waals surface area contributed by atoms with Crippen molar-refractivity contribution in [2.24, 2.45) is 5.92 Å². The molecule has 1 aliphatic rings. The van der Waals surface area contributed by atoms with Crippen LogP contribution in [0.4, 0.5) is 0 Å². The third-order valence-electron chi connectivity index (χ3n) is 3.41. The van der Waals surface area contributed by atoms with E-state index in [-0.39, 0.29) is 12.6 Å². The number of carbonyl (C=O) groups is 1. The zero-order chi connectivity index (χ0) is 12.1. The second-order valence-corrected chi connectivity index (χ2v) is 4.40. The normalized spacial score (nSPS) is 27.3. The average Bonchev–Trinajstić information content (AvgIpc) is 2.59. The molecule has 0 radical (unpaired) electrons. The molecule has 0 aromatic carbocycles. The number of aliphatic carboxylic acids is 1. The van der Waals surface area contributed by atoms with Crippen molar-refractivity contribution in [3.05, 3.63) is 11.6 Å². The average molecular weight is 227 g/mol. The van der Waals surface area contributed by atoms with Gasteiger partial charge in [0.2, 0.25) is 0 Å². The van der Waals surface area contributed by atoms with Crippen molar-refractivity contribution in [1.29, 1.82) is 0 Å². The lowest BCUT2D eigenvalue weighted by molar-refractivity contribution is -0.132. The minimum atomic E-state index is -0.838. The molecule has 1 rings (SSSR count). The molecule has 2 N–H and O–H groups in total. The Morgan fingerprint density at radius 1 is 1.56 bits per heavy atom. The molecule has 4 nitrogen and oxygen atoms in total. The van der Waals surface area contributed by atoms with Gasteiger partial charge in [-0.1, -0.05) is 19.9 Å². The molecule has 0 amide bonds. The smallest absolute Gasteiger partial charge is 0.331 e. The van der Waals surface area contributed by atoms with Gasteiger partial charge in [0, 0.05) is 18.2 Å². The summed E-state index contributed by atoms with van der Waals surface area (Å²) in [5.74, 6) is -0.344. The summed E-state index contributed by atoms with van der Waals surface area (Å²) in [6, 6.07) is 0.183. The quantitative estimate of drug-likeness (QED) is 0.691. The van der Waals surface area contributed by atoms with Crippen LogP contribution in [0.5, 0.6) is 0 Å². The van der Waals surface area contributed by atoms with Crippen LogP contribution in [0.25, 0.3) is 0 Å². The molecule has 0 aliphatic carbocycles. The molecule has 1 heterocycles. The molecule has 1 aliphatic heterocycles. The number of rotatable bonds is 5. The molecular weight excluding hydrogens is 206 g/mol. The van der Waals surface area contributed by atoms with E-state index in [1.54, 1.807) is 6.08 Å². The zero-order valence-corrected chi connectivity index (χ0v) is 10.0. The highest BCUT2D eigenvalue weighted by Crippen LogP contribution is 2.23. The van der Waals surface area contributed by atoms with Crippen molar-refractivity contribution in [1.82, 2.24) is 4.90 Å². The maximum Gasteiger partial charge on any atom is 0.331 e. The highest BCUT2D eigenvalue weighted by atomic mass is 16.4. The van der Waals surface area contributed by atoms with Crippen LogP contribution in [-0.2, 0) is 4.79 Å². The van der Waals surface area contributed by atoms with Crippen LogP contribution in [0.2, 0.25) is 0 Å². The van der Waals surface area contributed by atoms with Crippen molar-refractivity contribution < 1.29 is 15.0 Å². The van der Waals surface area contributed by atoms with E-state index in [0.717, 1.165) is 13.0 Å². The lowest BCUT2D eigenvalue weighted by Gasteiger charge is -2.23. The third kappa shape index (κ3) is 3.06. The van der Waals surface area contributed by atoms with Crippen molar-refractivity contribution in [3.63, 3.8) is 0 Å². The van der Waals surface area contributed by atoms with Crippen molar-refractivity contribution >= 4 is 5.97 Å². The number of carboxylic acids is 1. The molecule has 92 valence electrons. The highest BCUT2D eigenvalue weighted by Gasteiger charge is 2.29. The topological polar surface area (TPSA) is 60.8 Å². The first-order valence-corrected chi connectivity index (χ1v) is 5.87. The fourth-order valence-corrected chi connectivity index (χ4v) is 2.22. The molecule has 0 aromatic heterocycles. The SMILES string of the molecule is CCC(=CCN1CCC(C)C1CO)C(=O)O. The number of hydrogen-bond acceptors (Lipinski definition) is 3. The molecule has 2 unspecified atom stereocenters. The highest BCUT2D eigenvalue weighted by molar-refractivity contribution is 5.86. The number of aliphatic hydroxyl groups is 1. The van der Waals surface area contributed by atoms with E-state index in [1.165, 1.54) is 0 Å². The van der Waals surface area contributed by atoms with Gasteiger partial charge in [0.05, 0.1) is 6.61 Å². The molecule has 16 heavy (non-hydrogen) atoms. The minimum Gasteiger partial charge on any atom is -0.478 e. The van der Waals surface area contributed by atoms with Crippen LogP contribution in [0.3, 0.4) is 0 Å². The minimum absolute atomic E-state index is 0.156. The molecule has 1 saturated heterocycles. The first-order valence-electron chi connectivity index (χ1n) is 5.87. The second-order valence-electron chi connectivity index (χ2n) is 4.40. The fourth-order valence-electron chi connectivity index (χ4n) is 2.22. The predicted molar refractivity (Wildman–Crippen MR) is 62.2 cm³/mol. The summed E-state index contributed by atoms with van der Waals surface area (Å²) in [5, 5.41) is 18.1. The van der Waals surface area contributed by atoms with Crippen LogP contribution < -0.4 is 0 Å². The summed E-state index contributed by atoms with van der Waals surface area (Å²) < 4.78 is 0. The van der Waals surface area contributed by atoms with Crippen LogP contribution in [0, 0.1) is 5.92 Å². The van der Waals surface area contributed by atoms with Gasteiger partial charge >= 0.3 is 5.97 Å². The molecule has 1 fully saturated rings. The van der Waals surface area contributed by atoms with Crippen LogP contribution in [0.1, 0.15) is 26.7 Å². The van der Waals surface area contributed by atoms with Crippen molar-refractivity contribution in [2.75, 3.05) is 19.7 Å². The van der Waals surface area contributed by atoms with Crippen LogP contribution >= 0.6 is 0 Å².